The Balaban J connectivity index is 1.97. The van der Waals surface area contributed by atoms with Crippen LogP contribution in [0.2, 0.25) is 0 Å². The molecule has 0 aromatic heterocycles. The van der Waals surface area contributed by atoms with Gasteiger partial charge in [-0.3, -0.25) is 4.79 Å². The molecule has 1 spiro atoms. The predicted molar refractivity (Wildman–Crippen MR) is 59.6 cm³/mol. The van der Waals surface area contributed by atoms with E-state index in [-0.39, 0.29) is 11.0 Å². The van der Waals surface area contributed by atoms with Gasteiger partial charge < -0.3 is 13.7 Å². The maximum Gasteiger partial charge on any atom is 0.170 e. The molecule has 1 aliphatic carbocycles. The molecule has 0 aromatic carbocycles. The van der Waals surface area contributed by atoms with Crippen LogP contribution >= 0.6 is 24.3 Å². The molecule has 84 valence electrons. The number of carbonyl (C=O) groups is 1. The van der Waals surface area contributed by atoms with Gasteiger partial charge in [0.25, 0.3) is 0 Å². The van der Waals surface area contributed by atoms with Gasteiger partial charge >= 0.3 is 0 Å². The van der Waals surface area contributed by atoms with Gasteiger partial charge in [0, 0.05) is 19.3 Å². The highest BCUT2D eigenvalue weighted by molar-refractivity contribution is 7.97. The van der Waals surface area contributed by atoms with Crippen molar-refractivity contribution in [2.24, 2.45) is 0 Å². The molecule has 1 unspecified atom stereocenters. The molecule has 1 heterocycles. The average molecular weight is 248 g/mol. The molecule has 0 radical (unpaired) electrons. The first kappa shape index (κ1) is 11.3. The third kappa shape index (κ3) is 2.50. The third-order valence-electron chi connectivity index (χ3n) is 2.63. The Morgan fingerprint density at radius 3 is 2.93 bits per heavy atom. The van der Waals surface area contributed by atoms with E-state index < -0.39 is 5.79 Å². The van der Waals surface area contributed by atoms with Crippen LogP contribution in [0.4, 0.5) is 0 Å². The van der Waals surface area contributed by atoms with E-state index in [0.717, 1.165) is 17.6 Å². The van der Waals surface area contributed by atoms with Crippen molar-refractivity contribution in [1.82, 2.24) is 0 Å². The number of rotatable bonds is 3. The maximum atomic E-state index is 11.6. The second-order valence-corrected chi connectivity index (χ2v) is 4.70. The van der Waals surface area contributed by atoms with Crippen LogP contribution in [0.1, 0.15) is 19.3 Å². The summed E-state index contributed by atoms with van der Waals surface area (Å²) in [4.78, 5) is 11.6. The van der Waals surface area contributed by atoms with Crippen molar-refractivity contribution in [2.75, 3.05) is 13.2 Å². The zero-order valence-corrected chi connectivity index (χ0v) is 9.77. The molecule has 1 aliphatic heterocycles. The summed E-state index contributed by atoms with van der Waals surface area (Å²) in [5, 5.41) is -0.226. The fourth-order valence-corrected chi connectivity index (χ4v) is 2.77. The van der Waals surface area contributed by atoms with E-state index in [1.807, 2.05) is 0 Å². The van der Waals surface area contributed by atoms with E-state index in [4.69, 9.17) is 13.7 Å². The van der Waals surface area contributed by atoms with Gasteiger partial charge in [-0.15, -0.1) is 0 Å². The van der Waals surface area contributed by atoms with E-state index in [0.29, 0.717) is 32.5 Å². The number of carbonyl (C=O) groups excluding carboxylic acids is 1. The van der Waals surface area contributed by atoms with E-state index in [1.54, 1.807) is 0 Å². The quantitative estimate of drug-likeness (QED) is 0.557. The average Bonchev–Trinajstić information content (AvgIpc) is 2.69. The summed E-state index contributed by atoms with van der Waals surface area (Å²) < 4.78 is 16.0. The van der Waals surface area contributed by atoms with Gasteiger partial charge in [0.2, 0.25) is 0 Å². The van der Waals surface area contributed by atoms with Crippen molar-refractivity contribution < 1.29 is 18.5 Å². The third-order valence-corrected chi connectivity index (χ3v) is 3.72. The molecule has 0 N–H and O–H groups in total. The van der Waals surface area contributed by atoms with Crippen LogP contribution < -0.4 is 0 Å². The minimum Gasteiger partial charge on any atom is -0.421 e. The minimum atomic E-state index is -0.545. The van der Waals surface area contributed by atoms with Crippen molar-refractivity contribution in [3.63, 3.8) is 0 Å². The number of Topliss-reactive ketones (excluding diaryl/α,β-unsaturated/α-hetero) is 1. The smallest absolute Gasteiger partial charge is 0.170 e. The molecular weight excluding hydrogens is 236 g/mol. The molecular formula is C9H12O4S2. The standard InChI is InChI=1S/C9H12O4S2/c10-7-1-2-9(11-3-4-12-9)5-8(7)15-13-6-14/h6,8H,1-5H2. The Hall–Kier alpha value is -0.170. The maximum absolute atomic E-state index is 11.6. The summed E-state index contributed by atoms with van der Waals surface area (Å²) in [6.45, 7) is 1.22. The van der Waals surface area contributed by atoms with Crippen LogP contribution in [0, 0.1) is 0 Å². The zero-order chi connectivity index (χ0) is 10.7. The second kappa shape index (κ2) is 4.78. The highest BCUT2D eigenvalue weighted by Gasteiger charge is 2.45. The normalized spacial score (nSPS) is 29.3. The van der Waals surface area contributed by atoms with E-state index in [1.165, 1.54) is 0 Å². The first-order valence-corrected chi connectivity index (χ1v) is 6.10. The molecule has 0 aromatic rings. The van der Waals surface area contributed by atoms with Crippen LogP contribution in [-0.4, -0.2) is 35.6 Å². The Bertz CT molecular complexity index is 263. The lowest BCUT2D eigenvalue weighted by atomic mass is 9.92. The van der Waals surface area contributed by atoms with Crippen molar-refractivity contribution in [2.45, 2.75) is 30.3 Å². The first-order chi connectivity index (χ1) is 7.26. The van der Waals surface area contributed by atoms with Gasteiger partial charge in [0.15, 0.2) is 11.3 Å². The van der Waals surface area contributed by atoms with E-state index in [2.05, 4.69) is 12.2 Å². The number of hydrogen-bond donors (Lipinski definition) is 0. The number of hydrogen-bond acceptors (Lipinski definition) is 6. The van der Waals surface area contributed by atoms with Crippen LogP contribution in [0.5, 0.6) is 0 Å². The lowest BCUT2D eigenvalue weighted by Gasteiger charge is -2.34. The lowest BCUT2D eigenvalue weighted by Crippen LogP contribution is -2.42. The van der Waals surface area contributed by atoms with Crippen molar-refractivity contribution in [3.05, 3.63) is 0 Å². The van der Waals surface area contributed by atoms with Gasteiger partial charge in [-0.25, -0.2) is 0 Å². The van der Waals surface area contributed by atoms with Gasteiger partial charge in [-0.1, -0.05) is 0 Å². The van der Waals surface area contributed by atoms with Gasteiger partial charge in [0.1, 0.15) is 11.0 Å². The van der Waals surface area contributed by atoms with Crippen molar-refractivity contribution >= 4 is 35.6 Å². The molecule has 2 fully saturated rings. The summed E-state index contributed by atoms with van der Waals surface area (Å²) in [7, 11) is 0. The second-order valence-electron chi connectivity index (χ2n) is 3.56. The first-order valence-electron chi connectivity index (χ1n) is 4.82. The lowest BCUT2D eigenvalue weighted by molar-refractivity contribution is -0.178. The van der Waals surface area contributed by atoms with Gasteiger partial charge in [-0.05, 0) is 12.2 Å². The van der Waals surface area contributed by atoms with E-state index in [9.17, 15) is 4.79 Å². The number of thiocarbonyl (C=S) groups is 1. The van der Waals surface area contributed by atoms with Crippen molar-refractivity contribution in [1.29, 1.82) is 0 Å². The monoisotopic (exact) mass is 248 g/mol. The Kier molecular flexibility index (Phi) is 3.60. The van der Waals surface area contributed by atoms with Crippen molar-refractivity contribution in [3.8, 4) is 0 Å². The van der Waals surface area contributed by atoms with Crippen LogP contribution in [0.3, 0.4) is 0 Å². The Labute approximate surface area is 97.8 Å². The van der Waals surface area contributed by atoms with Gasteiger partial charge in [0.05, 0.1) is 25.3 Å². The molecule has 6 heteroatoms. The van der Waals surface area contributed by atoms with Gasteiger partial charge in [-0.2, -0.15) is 0 Å². The summed E-state index contributed by atoms with van der Waals surface area (Å²) in [5.74, 6) is -0.363. The SMILES string of the molecule is O=C1CCC2(CC1SOC=S)OCCO2. The number of ether oxygens (including phenoxy) is 2. The fourth-order valence-electron chi connectivity index (χ4n) is 1.91. The van der Waals surface area contributed by atoms with Crippen LogP contribution in [0.25, 0.3) is 0 Å². The molecule has 4 nitrogen and oxygen atoms in total. The molecule has 0 amide bonds. The Morgan fingerprint density at radius 1 is 1.53 bits per heavy atom. The summed E-state index contributed by atoms with van der Waals surface area (Å²) >= 11 is 5.64. The molecule has 2 aliphatic rings. The molecule has 1 saturated carbocycles. The van der Waals surface area contributed by atoms with Crippen LogP contribution in [0.15, 0.2) is 0 Å². The minimum absolute atomic E-state index is 0.182. The van der Waals surface area contributed by atoms with Crippen LogP contribution in [-0.2, 0) is 18.5 Å². The number of ketones is 1. The predicted octanol–water partition coefficient (Wildman–Crippen LogP) is 1.47. The molecule has 0 bridgehead atoms. The summed E-state index contributed by atoms with van der Waals surface area (Å²) in [6.07, 6.45) is 1.69. The molecule has 1 saturated heterocycles. The highest BCUT2D eigenvalue weighted by atomic mass is 32.2. The molecule has 2 rings (SSSR count). The molecule has 1 atom stereocenters. The summed E-state index contributed by atoms with van der Waals surface area (Å²) in [5.41, 5.74) is 1.16. The largest absolute Gasteiger partial charge is 0.421 e. The zero-order valence-electron chi connectivity index (χ0n) is 8.14. The fraction of sp³-hybridized carbons (Fsp3) is 0.778. The van der Waals surface area contributed by atoms with E-state index >= 15 is 0 Å². The summed E-state index contributed by atoms with van der Waals surface area (Å²) in [6, 6.07) is 0. The topological polar surface area (TPSA) is 44.8 Å². The Morgan fingerprint density at radius 2 is 2.27 bits per heavy atom. The molecule has 15 heavy (non-hydrogen) atoms. The highest BCUT2D eigenvalue weighted by Crippen LogP contribution is 2.38.